The van der Waals surface area contributed by atoms with Crippen LogP contribution in [0.1, 0.15) is 24.5 Å². The summed E-state index contributed by atoms with van der Waals surface area (Å²) < 4.78 is 0. The molecule has 0 fully saturated rings. The third kappa shape index (κ3) is 3.32. The molecule has 0 saturated heterocycles. The zero-order chi connectivity index (χ0) is 17.3. The van der Waals surface area contributed by atoms with Gasteiger partial charge in [0.25, 0.3) is 0 Å². The number of thiazole rings is 1. The molecule has 1 aliphatic heterocycles. The lowest BCUT2D eigenvalue weighted by Gasteiger charge is -2.31. The zero-order valence-corrected chi connectivity index (χ0v) is 14.7. The van der Waals surface area contributed by atoms with Gasteiger partial charge in [0.2, 0.25) is 11.8 Å². The molecule has 0 atom stereocenters. The molecular weight excluding hydrogens is 324 g/mol. The van der Waals surface area contributed by atoms with Crippen molar-refractivity contribution in [3.8, 4) is 0 Å². The number of amides is 2. The summed E-state index contributed by atoms with van der Waals surface area (Å²) in [7, 11) is 0. The Bertz CT molecular complexity index is 784. The fraction of sp³-hybridized carbons (Fsp3) is 0.353. The van der Waals surface area contributed by atoms with Crippen LogP contribution >= 0.6 is 11.3 Å². The first-order chi connectivity index (χ1) is 11.4. The van der Waals surface area contributed by atoms with Gasteiger partial charge in [-0.25, -0.2) is 4.98 Å². The predicted molar refractivity (Wildman–Crippen MR) is 95.3 cm³/mol. The molecule has 2 aromatic rings. The number of nitrogens with one attached hydrogen (secondary N) is 2. The third-order valence-corrected chi connectivity index (χ3v) is 5.19. The molecule has 2 heterocycles. The van der Waals surface area contributed by atoms with Crippen LogP contribution in [0, 0.1) is 6.92 Å². The summed E-state index contributed by atoms with van der Waals surface area (Å²) in [4.78, 5) is 30.5. The van der Waals surface area contributed by atoms with Crippen molar-refractivity contribution in [2.45, 2.75) is 26.3 Å². The van der Waals surface area contributed by atoms with Gasteiger partial charge in [-0.1, -0.05) is 12.1 Å². The lowest BCUT2D eigenvalue weighted by Crippen LogP contribution is -2.48. The molecule has 0 radical (unpaired) electrons. The minimum Gasteiger partial charge on any atom is -0.323 e. The molecule has 7 heteroatoms. The molecule has 2 N–H and O–H groups in total. The predicted octanol–water partition coefficient (Wildman–Crippen LogP) is 2.26. The van der Waals surface area contributed by atoms with Gasteiger partial charge in [0.1, 0.15) is 11.6 Å². The average molecular weight is 344 g/mol. The van der Waals surface area contributed by atoms with Crippen LogP contribution in [0.5, 0.6) is 0 Å². The van der Waals surface area contributed by atoms with Crippen molar-refractivity contribution < 1.29 is 9.59 Å². The molecular formula is C17H20N4O2S. The summed E-state index contributed by atoms with van der Waals surface area (Å²) >= 11 is 1.57. The van der Waals surface area contributed by atoms with E-state index in [0.29, 0.717) is 5.69 Å². The van der Waals surface area contributed by atoms with E-state index in [0.717, 1.165) is 16.4 Å². The molecule has 1 aromatic heterocycles. The van der Waals surface area contributed by atoms with Gasteiger partial charge in [-0.15, -0.1) is 11.3 Å². The number of para-hydroxylation sites is 2. The van der Waals surface area contributed by atoms with Crippen LogP contribution in [0.15, 0.2) is 29.6 Å². The van der Waals surface area contributed by atoms with Crippen LogP contribution in [0.2, 0.25) is 0 Å². The summed E-state index contributed by atoms with van der Waals surface area (Å²) in [5, 5.41) is 8.97. The average Bonchev–Trinajstić information content (AvgIpc) is 2.99. The quantitative estimate of drug-likeness (QED) is 0.892. The summed E-state index contributed by atoms with van der Waals surface area (Å²) in [5.41, 5.74) is 1.95. The molecule has 1 aliphatic rings. The Balaban J connectivity index is 1.72. The van der Waals surface area contributed by atoms with Crippen molar-refractivity contribution in [2.75, 3.05) is 23.3 Å². The first-order valence-electron chi connectivity index (χ1n) is 7.74. The van der Waals surface area contributed by atoms with Crippen molar-refractivity contribution in [1.29, 1.82) is 0 Å². The number of hydrogen-bond donors (Lipinski definition) is 2. The lowest BCUT2D eigenvalue weighted by atomic mass is 10.1. The Morgan fingerprint density at radius 2 is 2.17 bits per heavy atom. The van der Waals surface area contributed by atoms with Gasteiger partial charge in [-0.2, -0.15) is 0 Å². The second-order valence-electron chi connectivity index (χ2n) is 6.32. The zero-order valence-electron chi connectivity index (χ0n) is 13.9. The Kier molecular flexibility index (Phi) is 4.38. The molecule has 0 aliphatic carbocycles. The van der Waals surface area contributed by atoms with Crippen molar-refractivity contribution in [1.82, 2.24) is 10.3 Å². The first kappa shape index (κ1) is 16.6. The number of aryl methyl sites for hydroxylation is 1. The van der Waals surface area contributed by atoms with Crippen molar-refractivity contribution in [3.63, 3.8) is 0 Å². The maximum atomic E-state index is 12.7. The van der Waals surface area contributed by atoms with Gasteiger partial charge in [-0.05, 0) is 32.9 Å². The molecule has 1 aromatic carbocycles. The summed E-state index contributed by atoms with van der Waals surface area (Å²) in [6.45, 7) is 6.11. The van der Waals surface area contributed by atoms with Crippen molar-refractivity contribution >= 4 is 34.5 Å². The van der Waals surface area contributed by atoms with Crippen molar-refractivity contribution in [2.24, 2.45) is 0 Å². The maximum absolute atomic E-state index is 12.7. The highest BCUT2D eigenvalue weighted by atomic mass is 32.1. The molecule has 0 saturated carbocycles. The Labute approximate surface area is 144 Å². The second-order valence-corrected chi connectivity index (χ2v) is 7.18. The molecule has 3 rings (SSSR count). The first-order valence-corrected chi connectivity index (χ1v) is 8.62. The highest BCUT2D eigenvalue weighted by Gasteiger charge is 2.29. The highest BCUT2D eigenvalue weighted by molar-refractivity contribution is 7.09. The smallest absolute Gasteiger partial charge is 0.244 e. The number of carbonyl (C=O) groups is 2. The fourth-order valence-corrected chi connectivity index (χ4v) is 3.46. The molecule has 6 nitrogen and oxygen atoms in total. The minimum absolute atomic E-state index is 0.0360. The Morgan fingerprint density at radius 1 is 1.42 bits per heavy atom. The SMILES string of the molecule is Cc1csc(C(C)(C)NCC(=O)N2CC(=O)Nc3ccccc32)n1. The minimum atomic E-state index is -0.411. The van der Waals surface area contributed by atoms with E-state index in [9.17, 15) is 9.59 Å². The van der Waals surface area contributed by atoms with Gasteiger partial charge in [0, 0.05) is 11.1 Å². The number of anilines is 2. The van der Waals surface area contributed by atoms with Gasteiger partial charge >= 0.3 is 0 Å². The highest BCUT2D eigenvalue weighted by Crippen LogP contribution is 2.29. The molecule has 0 bridgehead atoms. The Morgan fingerprint density at radius 3 is 2.88 bits per heavy atom. The number of carbonyl (C=O) groups excluding carboxylic acids is 2. The molecule has 0 unspecified atom stereocenters. The van der Waals surface area contributed by atoms with E-state index in [1.165, 1.54) is 4.90 Å². The molecule has 24 heavy (non-hydrogen) atoms. The van der Waals surface area contributed by atoms with Crippen LogP contribution in [-0.4, -0.2) is 29.9 Å². The number of benzene rings is 1. The molecule has 126 valence electrons. The fourth-order valence-electron chi connectivity index (χ4n) is 2.56. The second kappa shape index (κ2) is 6.33. The van der Waals surface area contributed by atoms with E-state index in [1.807, 2.05) is 44.4 Å². The maximum Gasteiger partial charge on any atom is 0.244 e. The van der Waals surface area contributed by atoms with Crippen LogP contribution in [0.4, 0.5) is 11.4 Å². The van der Waals surface area contributed by atoms with Gasteiger partial charge in [0.05, 0.1) is 23.5 Å². The van der Waals surface area contributed by atoms with Gasteiger partial charge < -0.3 is 5.32 Å². The van der Waals surface area contributed by atoms with E-state index >= 15 is 0 Å². The largest absolute Gasteiger partial charge is 0.323 e. The summed E-state index contributed by atoms with van der Waals surface area (Å²) in [6.07, 6.45) is 0. The topological polar surface area (TPSA) is 74.3 Å². The number of rotatable bonds is 4. The number of fused-ring (bicyclic) bond motifs is 1. The third-order valence-electron chi connectivity index (χ3n) is 3.91. The monoisotopic (exact) mass is 344 g/mol. The molecule has 0 spiro atoms. The summed E-state index contributed by atoms with van der Waals surface area (Å²) in [6, 6.07) is 7.32. The van der Waals surface area contributed by atoms with Crippen LogP contribution in [0.3, 0.4) is 0 Å². The van der Waals surface area contributed by atoms with Gasteiger partial charge in [0.15, 0.2) is 0 Å². The number of nitrogens with zero attached hydrogens (tertiary/aromatic N) is 2. The standard InChI is InChI=1S/C17H20N4O2S/c1-11-10-24-16(19-11)17(2,3)18-8-15(23)21-9-14(22)20-12-6-4-5-7-13(12)21/h4-7,10,18H,8-9H2,1-3H3,(H,20,22). The van der Waals surface area contributed by atoms with E-state index in [-0.39, 0.29) is 24.9 Å². The van der Waals surface area contributed by atoms with E-state index in [2.05, 4.69) is 15.6 Å². The lowest BCUT2D eigenvalue weighted by molar-refractivity contribution is -0.121. The van der Waals surface area contributed by atoms with Crippen LogP contribution in [-0.2, 0) is 15.1 Å². The molecule has 2 amide bonds. The van der Waals surface area contributed by atoms with Crippen LogP contribution < -0.4 is 15.5 Å². The normalized spacial score (nSPS) is 14.3. The number of aromatic nitrogens is 1. The van der Waals surface area contributed by atoms with Crippen LogP contribution in [0.25, 0.3) is 0 Å². The Hall–Kier alpha value is -2.25. The summed E-state index contributed by atoms with van der Waals surface area (Å²) in [5.74, 6) is -0.324. The van der Waals surface area contributed by atoms with E-state index < -0.39 is 5.54 Å². The van der Waals surface area contributed by atoms with E-state index in [1.54, 1.807) is 17.4 Å². The van der Waals surface area contributed by atoms with Gasteiger partial charge in [-0.3, -0.25) is 19.8 Å². The van der Waals surface area contributed by atoms with Crippen molar-refractivity contribution in [3.05, 3.63) is 40.3 Å². The number of hydrogen-bond acceptors (Lipinski definition) is 5. The van der Waals surface area contributed by atoms with E-state index in [4.69, 9.17) is 0 Å².